The number of halogens is 5. The highest BCUT2D eigenvalue weighted by molar-refractivity contribution is 5.77. The van der Waals surface area contributed by atoms with Gasteiger partial charge in [0.15, 0.2) is 17.4 Å². The lowest BCUT2D eigenvalue weighted by atomic mass is 10.0. The zero-order valence-electron chi connectivity index (χ0n) is 9.31. The molecule has 0 saturated heterocycles. The minimum atomic E-state index is -4.98. The molecule has 1 N–H and O–H groups in total. The van der Waals surface area contributed by atoms with Crippen molar-refractivity contribution in [2.24, 2.45) is 0 Å². The maximum absolute atomic E-state index is 13.4. The van der Waals surface area contributed by atoms with Crippen LogP contribution in [0, 0.1) is 12.0 Å². The Labute approximate surface area is 105 Å². The van der Waals surface area contributed by atoms with Crippen LogP contribution in [-0.4, -0.2) is 12.9 Å². The lowest BCUT2D eigenvalue weighted by Gasteiger charge is -2.13. The van der Waals surface area contributed by atoms with Crippen LogP contribution < -0.4 is 10.1 Å². The van der Waals surface area contributed by atoms with Crippen LogP contribution in [0.1, 0.15) is 5.56 Å². The number of allylic oxidation sites excluding steroid dienone is 2. The Morgan fingerprint density at radius 3 is 2.53 bits per heavy atom. The molecule has 19 heavy (non-hydrogen) atoms. The van der Waals surface area contributed by atoms with Crippen molar-refractivity contribution in [2.75, 3.05) is 6.54 Å². The molecule has 2 nitrogen and oxygen atoms in total. The Kier molecular flexibility index (Phi) is 3.46. The summed E-state index contributed by atoms with van der Waals surface area (Å²) in [5.41, 5.74) is 0.176. The van der Waals surface area contributed by atoms with Crippen molar-refractivity contribution in [3.63, 3.8) is 0 Å². The third-order valence-corrected chi connectivity index (χ3v) is 2.31. The standard InChI is InChI=1S/C12H7F5NO/c13-9-5-7(8-3-4-18-6-10(8)14)1-2-11(9)19-12(15,16)17/h1-3,5,18H,4H2. The van der Waals surface area contributed by atoms with E-state index < -0.39 is 23.8 Å². The van der Waals surface area contributed by atoms with E-state index in [1.54, 1.807) is 0 Å². The van der Waals surface area contributed by atoms with Gasteiger partial charge in [-0.25, -0.2) is 8.78 Å². The molecule has 1 aliphatic rings. The molecule has 1 aromatic carbocycles. The molecule has 101 valence electrons. The highest BCUT2D eigenvalue weighted by atomic mass is 19.4. The van der Waals surface area contributed by atoms with Crippen molar-refractivity contribution in [3.8, 4) is 5.75 Å². The van der Waals surface area contributed by atoms with Crippen molar-refractivity contribution in [1.82, 2.24) is 5.32 Å². The van der Waals surface area contributed by atoms with Crippen molar-refractivity contribution in [2.45, 2.75) is 6.36 Å². The third kappa shape index (κ3) is 3.24. The summed E-state index contributed by atoms with van der Waals surface area (Å²) in [6.45, 7) is 0.297. The Hall–Kier alpha value is -2.05. The number of rotatable bonds is 2. The smallest absolute Gasteiger partial charge is 0.403 e. The van der Waals surface area contributed by atoms with Crippen LogP contribution in [0.2, 0.25) is 0 Å². The lowest BCUT2D eigenvalue weighted by molar-refractivity contribution is -0.275. The van der Waals surface area contributed by atoms with Gasteiger partial charge in [0.1, 0.15) is 0 Å². The van der Waals surface area contributed by atoms with E-state index in [0.29, 0.717) is 6.54 Å². The molecule has 0 saturated carbocycles. The van der Waals surface area contributed by atoms with Crippen LogP contribution in [0.3, 0.4) is 0 Å². The molecule has 1 aliphatic heterocycles. The largest absolute Gasteiger partial charge is 0.573 e. The van der Waals surface area contributed by atoms with Gasteiger partial charge in [-0.2, -0.15) is 0 Å². The number of alkyl halides is 3. The molecule has 0 aromatic heterocycles. The third-order valence-electron chi connectivity index (χ3n) is 2.31. The number of dihydropyridines is 1. The Morgan fingerprint density at radius 1 is 1.21 bits per heavy atom. The van der Waals surface area contributed by atoms with Gasteiger partial charge in [0.2, 0.25) is 0 Å². The normalized spacial score (nSPS) is 15.4. The lowest BCUT2D eigenvalue weighted by Crippen LogP contribution is -2.18. The monoisotopic (exact) mass is 276 g/mol. The fourth-order valence-corrected chi connectivity index (χ4v) is 1.56. The van der Waals surface area contributed by atoms with E-state index in [0.717, 1.165) is 18.2 Å². The second-order valence-electron chi connectivity index (χ2n) is 3.63. The summed E-state index contributed by atoms with van der Waals surface area (Å²) >= 11 is 0. The van der Waals surface area contributed by atoms with Crippen LogP contribution in [0.5, 0.6) is 5.75 Å². The summed E-state index contributed by atoms with van der Waals surface area (Å²) in [7, 11) is 0. The van der Waals surface area contributed by atoms with Crippen LogP contribution in [-0.2, 0) is 0 Å². The SMILES string of the molecule is FC1=[C]NCC=C1c1ccc(OC(F)(F)F)c(F)c1. The molecular weight excluding hydrogens is 269 g/mol. The summed E-state index contributed by atoms with van der Waals surface area (Å²) in [6, 6.07) is 2.72. The van der Waals surface area contributed by atoms with Gasteiger partial charge in [0, 0.05) is 12.1 Å². The molecule has 7 heteroatoms. The van der Waals surface area contributed by atoms with E-state index in [-0.39, 0.29) is 11.1 Å². The molecule has 0 amide bonds. The van der Waals surface area contributed by atoms with Gasteiger partial charge in [0.05, 0.1) is 6.20 Å². The van der Waals surface area contributed by atoms with Gasteiger partial charge in [-0.1, -0.05) is 12.1 Å². The van der Waals surface area contributed by atoms with Crippen molar-refractivity contribution in [1.29, 1.82) is 0 Å². The zero-order chi connectivity index (χ0) is 14.0. The number of hydrogen-bond acceptors (Lipinski definition) is 2. The highest BCUT2D eigenvalue weighted by Gasteiger charge is 2.32. The quantitative estimate of drug-likeness (QED) is 0.837. The van der Waals surface area contributed by atoms with Gasteiger partial charge in [-0.05, 0) is 17.7 Å². The fraction of sp³-hybridized carbons (Fsp3) is 0.167. The topological polar surface area (TPSA) is 21.3 Å². The summed E-state index contributed by atoms with van der Waals surface area (Å²) in [4.78, 5) is 0. The van der Waals surface area contributed by atoms with Crippen molar-refractivity contribution < 1.29 is 26.7 Å². The second-order valence-corrected chi connectivity index (χ2v) is 3.63. The number of hydrogen-bond donors (Lipinski definition) is 1. The van der Waals surface area contributed by atoms with Crippen LogP contribution >= 0.6 is 0 Å². The molecule has 0 spiro atoms. The molecule has 0 aliphatic carbocycles. The number of nitrogens with one attached hydrogen (secondary N) is 1. The Balaban J connectivity index is 2.29. The van der Waals surface area contributed by atoms with Crippen LogP contribution in [0.4, 0.5) is 22.0 Å². The predicted octanol–water partition coefficient (Wildman–Crippen LogP) is 3.32. The molecule has 0 unspecified atom stereocenters. The van der Waals surface area contributed by atoms with Crippen molar-refractivity contribution in [3.05, 3.63) is 47.7 Å². The maximum Gasteiger partial charge on any atom is 0.573 e. The fourth-order valence-electron chi connectivity index (χ4n) is 1.56. The molecule has 1 radical (unpaired) electrons. The van der Waals surface area contributed by atoms with Gasteiger partial charge in [-0.3, -0.25) is 0 Å². The van der Waals surface area contributed by atoms with E-state index in [4.69, 9.17) is 0 Å². The zero-order valence-corrected chi connectivity index (χ0v) is 9.31. The van der Waals surface area contributed by atoms with Gasteiger partial charge < -0.3 is 10.1 Å². The summed E-state index contributed by atoms with van der Waals surface area (Å²) in [6.07, 6.45) is -1.34. The average Bonchev–Trinajstić information content (AvgIpc) is 2.31. The molecule has 1 aromatic rings. The summed E-state index contributed by atoms with van der Waals surface area (Å²) in [5.74, 6) is -2.92. The maximum atomic E-state index is 13.4. The van der Waals surface area contributed by atoms with Gasteiger partial charge in [-0.15, -0.1) is 13.2 Å². The van der Waals surface area contributed by atoms with Crippen LogP contribution in [0.25, 0.3) is 5.57 Å². The van der Waals surface area contributed by atoms with E-state index in [9.17, 15) is 22.0 Å². The predicted molar refractivity (Wildman–Crippen MR) is 56.9 cm³/mol. The summed E-state index contributed by atoms with van der Waals surface area (Å²) < 4.78 is 66.2. The summed E-state index contributed by atoms with van der Waals surface area (Å²) in [5, 5.41) is 2.49. The van der Waals surface area contributed by atoms with Crippen LogP contribution in [0.15, 0.2) is 30.1 Å². The molecule has 1 heterocycles. The minimum Gasteiger partial charge on any atom is -0.403 e. The average molecular weight is 276 g/mol. The molecule has 0 atom stereocenters. The number of ether oxygens (including phenoxy) is 1. The van der Waals surface area contributed by atoms with E-state index in [1.165, 1.54) is 6.08 Å². The van der Waals surface area contributed by atoms with Crippen molar-refractivity contribution >= 4 is 5.57 Å². The number of benzene rings is 1. The Morgan fingerprint density at radius 2 is 1.95 bits per heavy atom. The highest BCUT2D eigenvalue weighted by Crippen LogP contribution is 2.31. The second kappa shape index (κ2) is 4.91. The first-order chi connectivity index (χ1) is 8.87. The van der Waals surface area contributed by atoms with Gasteiger partial charge in [0.25, 0.3) is 0 Å². The van der Waals surface area contributed by atoms with E-state index in [2.05, 4.69) is 16.3 Å². The molecule has 2 rings (SSSR count). The first-order valence-electron chi connectivity index (χ1n) is 5.14. The van der Waals surface area contributed by atoms with E-state index in [1.807, 2.05) is 0 Å². The molecular formula is C12H7F5NO. The first kappa shape index (κ1) is 13.4. The molecule has 0 bridgehead atoms. The minimum absolute atomic E-state index is 0.0659. The Bertz CT molecular complexity index is 548. The molecule has 0 fully saturated rings. The first-order valence-corrected chi connectivity index (χ1v) is 5.14. The van der Waals surface area contributed by atoms with Gasteiger partial charge >= 0.3 is 6.36 Å². The van der Waals surface area contributed by atoms with E-state index >= 15 is 0 Å².